The Bertz CT molecular complexity index is 1130. The van der Waals surface area contributed by atoms with E-state index in [1.165, 1.54) is 5.56 Å². The second kappa shape index (κ2) is 5.62. The molecular weight excluding hydrogens is 326 g/mol. The number of ether oxygens (including phenoxy) is 1. The molecule has 0 bridgehead atoms. The van der Waals surface area contributed by atoms with Crippen molar-refractivity contribution in [2.45, 2.75) is 12.8 Å². The number of H-pyrrole nitrogens is 1. The lowest BCUT2D eigenvalue weighted by Gasteiger charge is -2.31. The predicted molar refractivity (Wildman–Crippen MR) is 104 cm³/mol. The molecule has 0 unspecified atom stereocenters. The second-order valence-corrected chi connectivity index (χ2v) is 6.55. The van der Waals surface area contributed by atoms with E-state index >= 15 is 0 Å². The Labute approximate surface area is 150 Å². The van der Waals surface area contributed by atoms with Crippen LogP contribution in [0.2, 0.25) is 0 Å². The van der Waals surface area contributed by atoms with E-state index in [-0.39, 0.29) is 5.95 Å². The first kappa shape index (κ1) is 15.0. The summed E-state index contributed by atoms with van der Waals surface area (Å²) in [6, 6.07) is 14.4. The van der Waals surface area contributed by atoms with Gasteiger partial charge in [0.05, 0.1) is 12.5 Å². The first-order valence-corrected chi connectivity index (χ1v) is 8.73. The van der Waals surface area contributed by atoms with Gasteiger partial charge in [0, 0.05) is 23.1 Å². The molecule has 3 heterocycles. The number of nitrogen functional groups attached to an aromatic ring is 1. The van der Waals surface area contributed by atoms with Gasteiger partial charge in [0.15, 0.2) is 0 Å². The number of hydrogen-bond acceptors (Lipinski definition) is 5. The number of hydrogen-bond donors (Lipinski definition) is 2. The van der Waals surface area contributed by atoms with Gasteiger partial charge in [0.1, 0.15) is 17.2 Å². The number of aromatic nitrogens is 3. The number of para-hydroxylation sites is 1. The number of aryl methyl sites for hydroxylation is 1. The molecule has 1 aliphatic rings. The summed E-state index contributed by atoms with van der Waals surface area (Å²) in [6.07, 6.45) is 2.08. The highest BCUT2D eigenvalue weighted by molar-refractivity contribution is 6.12. The fraction of sp³-hybridized carbons (Fsp3) is 0.200. The molecule has 6 heteroatoms. The van der Waals surface area contributed by atoms with Gasteiger partial charge in [-0.25, -0.2) is 0 Å². The summed E-state index contributed by atoms with van der Waals surface area (Å²) in [7, 11) is 1.70. The zero-order chi connectivity index (χ0) is 17.7. The van der Waals surface area contributed by atoms with Crippen LogP contribution < -0.4 is 15.4 Å². The van der Waals surface area contributed by atoms with Crippen LogP contribution >= 0.6 is 0 Å². The van der Waals surface area contributed by atoms with Crippen LogP contribution in [0, 0.1) is 0 Å². The maximum atomic E-state index is 6.03. The van der Waals surface area contributed by atoms with Crippen molar-refractivity contribution < 1.29 is 4.74 Å². The van der Waals surface area contributed by atoms with Crippen LogP contribution in [0.1, 0.15) is 12.0 Å². The molecule has 0 amide bonds. The monoisotopic (exact) mass is 345 g/mol. The van der Waals surface area contributed by atoms with Crippen LogP contribution in [0.15, 0.2) is 42.5 Å². The summed E-state index contributed by atoms with van der Waals surface area (Å²) in [4.78, 5) is 14.7. The summed E-state index contributed by atoms with van der Waals surface area (Å²) in [6.45, 7) is 0.893. The van der Waals surface area contributed by atoms with Crippen molar-refractivity contribution in [1.29, 1.82) is 0 Å². The molecule has 2 aromatic heterocycles. The van der Waals surface area contributed by atoms with Crippen LogP contribution in [0.4, 0.5) is 17.5 Å². The van der Waals surface area contributed by atoms with E-state index in [9.17, 15) is 0 Å². The molecule has 3 N–H and O–H groups in total. The molecular formula is C20H19N5O. The molecule has 5 rings (SSSR count). The Morgan fingerprint density at radius 2 is 2.04 bits per heavy atom. The minimum Gasteiger partial charge on any atom is -0.497 e. The van der Waals surface area contributed by atoms with Gasteiger partial charge < -0.3 is 20.4 Å². The third-order valence-electron chi connectivity index (χ3n) is 5.02. The molecule has 0 radical (unpaired) electrons. The molecule has 0 saturated heterocycles. The molecule has 0 atom stereocenters. The number of nitrogens with zero attached hydrogens (tertiary/aromatic N) is 3. The van der Waals surface area contributed by atoms with Gasteiger partial charge >= 0.3 is 0 Å². The highest BCUT2D eigenvalue weighted by Crippen LogP contribution is 2.39. The van der Waals surface area contributed by atoms with E-state index in [1.54, 1.807) is 7.11 Å². The topological polar surface area (TPSA) is 80.1 Å². The van der Waals surface area contributed by atoms with E-state index in [2.05, 4.69) is 38.1 Å². The first-order valence-electron chi connectivity index (χ1n) is 8.73. The largest absolute Gasteiger partial charge is 0.497 e. The van der Waals surface area contributed by atoms with Crippen LogP contribution in [-0.4, -0.2) is 28.6 Å². The molecule has 0 spiro atoms. The summed E-state index contributed by atoms with van der Waals surface area (Å²) in [5.41, 5.74) is 10.3. The lowest BCUT2D eigenvalue weighted by atomic mass is 10.0. The molecule has 26 heavy (non-hydrogen) atoms. The third kappa shape index (κ3) is 2.19. The van der Waals surface area contributed by atoms with Gasteiger partial charge in [-0.1, -0.05) is 18.2 Å². The smallest absolute Gasteiger partial charge is 0.224 e. The predicted octanol–water partition coefficient (Wildman–Crippen LogP) is 3.79. The van der Waals surface area contributed by atoms with Crippen molar-refractivity contribution in [1.82, 2.24) is 15.0 Å². The molecule has 4 aromatic rings. The van der Waals surface area contributed by atoms with Crippen LogP contribution in [0.5, 0.6) is 5.75 Å². The zero-order valence-electron chi connectivity index (χ0n) is 14.5. The number of methoxy groups -OCH3 is 1. The average molecular weight is 345 g/mol. The highest BCUT2D eigenvalue weighted by atomic mass is 16.5. The number of aromatic amines is 1. The fourth-order valence-electron chi connectivity index (χ4n) is 3.86. The van der Waals surface area contributed by atoms with E-state index in [1.807, 2.05) is 24.3 Å². The quantitative estimate of drug-likeness (QED) is 0.578. The Kier molecular flexibility index (Phi) is 3.25. The number of benzene rings is 2. The lowest BCUT2D eigenvalue weighted by Crippen LogP contribution is -2.26. The van der Waals surface area contributed by atoms with E-state index in [0.717, 1.165) is 58.6 Å². The van der Waals surface area contributed by atoms with Gasteiger partial charge in [-0.15, -0.1) is 0 Å². The number of anilines is 3. The minimum absolute atomic E-state index is 0.277. The van der Waals surface area contributed by atoms with Crippen molar-refractivity contribution in [3.05, 3.63) is 48.0 Å². The number of nitrogens with one attached hydrogen (secondary N) is 1. The summed E-state index contributed by atoms with van der Waals surface area (Å²) in [5.74, 6) is 2.01. The SMILES string of the molecule is COc1ccc2c(c1)CCCN2c1nc(N)nc2[nH]c3ccccc3c12. The third-order valence-corrected chi connectivity index (χ3v) is 5.02. The number of fused-ring (bicyclic) bond motifs is 4. The van der Waals surface area contributed by atoms with Crippen LogP contribution in [0.25, 0.3) is 21.9 Å². The lowest BCUT2D eigenvalue weighted by molar-refractivity contribution is 0.414. The molecule has 0 aliphatic carbocycles. The number of rotatable bonds is 2. The van der Waals surface area contributed by atoms with Gasteiger partial charge in [0.2, 0.25) is 5.95 Å². The Morgan fingerprint density at radius 1 is 1.15 bits per heavy atom. The van der Waals surface area contributed by atoms with Crippen molar-refractivity contribution in [2.75, 3.05) is 24.3 Å². The van der Waals surface area contributed by atoms with Crippen LogP contribution in [-0.2, 0) is 6.42 Å². The standard InChI is InChI=1S/C20H19N5O/c1-26-13-8-9-16-12(11-13)5-4-10-25(16)19-17-14-6-2-3-7-15(14)22-18(17)23-20(21)24-19/h2-3,6-9,11H,4-5,10H2,1H3,(H3,21,22,23,24). The maximum Gasteiger partial charge on any atom is 0.224 e. The van der Waals surface area contributed by atoms with Crippen LogP contribution in [0.3, 0.4) is 0 Å². The van der Waals surface area contributed by atoms with E-state index in [4.69, 9.17) is 10.5 Å². The maximum absolute atomic E-state index is 6.03. The summed E-state index contributed by atoms with van der Waals surface area (Å²) >= 11 is 0. The molecule has 130 valence electrons. The highest BCUT2D eigenvalue weighted by Gasteiger charge is 2.24. The Hall–Kier alpha value is -3.28. The normalized spacial score (nSPS) is 14.0. The molecule has 2 aromatic carbocycles. The van der Waals surface area contributed by atoms with Gasteiger partial charge in [-0.2, -0.15) is 9.97 Å². The Morgan fingerprint density at radius 3 is 2.92 bits per heavy atom. The molecule has 0 fully saturated rings. The summed E-state index contributed by atoms with van der Waals surface area (Å²) in [5, 5.41) is 2.12. The Balaban J connectivity index is 1.78. The zero-order valence-corrected chi connectivity index (χ0v) is 14.5. The first-order chi connectivity index (χ1) is 12.7. The molecule has 1 aliphatic heterocycles. The van der Waals surface area contributed by atoms with Crippen molar-refractivity contribution >= 4 is 39.4 Å². The van der Waals surface area contributed by atoms with E-state index < -0.39 is 0 Å². The summed E-state index contributed by atoms with van der Waals surface area (Å²) < 4.78 is 5.39. The van der Waals surface area contributed by atoms with Gasteiger partial charge in [-0.05, 0) is 42.7 Å². The van der Waals surface area contributed by atoms with Crippen molar-refractivity contribution in [3.63, 3.8) is 0 Å². The van der Waals surface area contributed by atoms with Gasteiger partial charge in [-0.3, -0.25) is 0 Å². The minimum atomic E-state index is 0.277. The number of nitrogens with two attached hydrogens (primary N) is 1. The molecule has 6 nitrogen and oxygen atoms in total. The van der Waals surface area contributed by atoms with Gasteiger partial charge in [0.25, 0.3) is 0 Å². The van der Waals surface area contributed by atoms with E-state index in [0.29, 0.717) is 0 Å². The fourth-order valence-corrected chi connectivity index (χ4v) is 3.86. The second-order valence-electron chi connectivity index (χ2n) is 6.55. The molecule has 0 saturated carbocycles. The average Bonchev–Trinajstić information content (AvgIpc) is 3.04. The van der Waals surface area contributed by atoms with Crippen molar-refractivity contribution in [2.24, 2.45) is 0 Å². The van der Waals surface area contributed by atoms with Crippen molar-refractivity contribution in [3.8, 4) is 5.75 Å².